The highest BCUT2D eigenvalue weighted by Gasteiger charge is 2.34. The third-order valence-electron chi connectivity index (χ3n) is 3.68. The van der Waals surface area contributed by atoms with Crippen LogP contribution in [0.15, 0.2) is 72.1 Å². The van der Waals surface area contributed by atoms with Crippen molar-refractivity contribution in [2.75, 3.05) is 5.32 Å². The molecule has 0 fully saturated rings. The second kappa shape index (κ2) is 9.43. The predicted octanol–water partition coefficient (Wildman–Crippen LogP) is 5.75. The molecule has 1 aromatic heterocycles. The number of hydrogen-bond donors (Lipinski definition) is 2. The van der Waals surface area contributed by atoms with Crippen LogP contribution in [0.1, 0.15) is 5.56 Å². The van der Waals surface area contributed by atoms with Gasteiger partial charge in [0.05, 0.1) is 5.69 Å². The van der Waals surface area contributed by atoms with E-state index in [1.54, 1.807) is 6.08 Å². The highest BCUT2D eigenvalue weighted by molar-refractivity contribution is 7.14. The van der Waals surface area contributed by atoms with Gasteiger partial charge in [0, 0.05) is 17.0 Å². The lowest BCUT2D eigenvalue weighted by atomic mass is 10.2. The van der Waals surface area contributed by atoms with E-state index in [1.807, 2.05) is 66.0 Å². The van der Waals surface area contributed by atoms with Gasteiger partial charge in [0.15, 0.2) is 5.13 Å². The maximum atomic E-state index is 12.3. The minimum Gasteiger partial charge on any atom is -0.338 e. The second-order valence-electron chi connectivity index (χ2n) is 5.78. The van der Waals surface area contributed by atoms with Gasteiger partial charge in [0.25, 0.3) is 0 Å². The highest BCUT2D eigenvalue weighted by Crippen LogP contribution is 2.32. The molecule has 8 heteroatoms. The summed E-state index contributed by atoms with van der Waals surface area (Å²) in [5.41, 5.74) is 2.67. The number of nitrogens with zero attached hydrogens (tertiary/aromatic N) is 1. The Morgan fingerprint density at radius 2 is 1.68 bits per heavy atom. The van der Waals surface area contributed by atoms with Gasteiger partial charge in [-0.1, -0.05) is 95.5 Å². The molecule has 28 heavy (non-hydrogen) atoms. The van der Waals surface area contributed by atoms with E-state index < -0.39 is 15.9 Å². The zero-order valence-electron chi connectivity index (χ0n) is 14.5. The predicted molar refractivity (Wildman–Crippen MR) is 119 cm³/mol. The zero-order chi connectivity index (χ0) is 20.0. The van der Waals surface area contributed by atoms with E-state index in [0.29, 0.717) is 5.13 Å². The number of hydrogen-bond acceptors (Lipinski definition) is 4. The number of aromatic nitrogens is 1. The number of thiazole rings is 1. The first-order chi connectivity index (χ1) is 13.4. The Bertz CT molecular complexity index is 940. The molecule has 0 saturated carbocycles. The second-order valence-corrected chi connectivity index (χ2v) is 9.00. The molecular formula is C20H16Cl3N3OS. The minimum atomic E-state index is -1.77. The number of halogens is 3. The molecule has 0 spiro atoms. The molecule has 2 aromatic carbocycles. The summed E-state index contributed by atoms with van der Waals surface area (Å²) in [7, 11) is 0. The van der Waals surface area contributed by atoms with Crippen molar-refractivity contribution in [3.8, 4) is 11.3 Å². The van der Waals surface area contributed by atoms with Gasteiger partial charge in [-0.2, -0.15) is 0 Å². The fourth-order valence-corrected chi connectivity index (χ4v) is 3.41. The van der Waals surface area contributed by atoms with Crippen LogP contribution in [0.2, 0.25) is 0 Å². The lowest BCUT2D eigenvalue weighted by Crippen LogP contribution is -2.48. The highest BCUT2D eigenvalue weighted by atomic mass is 35.6. The smallest absolute Gasteiger partial charge is 0.245 e. The van der Waals surface area contributed by atoms with Gasteiger partial charge < -0.3 is 10.6 Å². The molecule has 0 bridgehead atoms. The van der Waals surface area contributed by atoms with Crippen molar-refractivity contribution in [2.24, 2.45) is 0 Å². The average molecular weight is 453 g/mol. The molecule has 0 aliphatic rings. The Labute approximate surface area is 182 Å². The van der Waals surface area contributed by atoms with Crippen molar-refractivity contribution >= 4 is 63.3 Å². The number of benzene rings is 2. The fourth-order valence-electron chi connectivity index (χ4n) is 2.33. The fraction of sp³-hybridized carbons (Fsp3) is 0.100. The zero-order valence-corrected chi connectivity index (χ0v) is 17.6. The van der Waals surface area contributed by atoms with Crippen LogP contribution in [-0.4, -0.2) is 20.8 Å². The summed E-state index contributed by atoms with van der Waals surface area (Å²) in [6, 6.07) is 19.2. The lowest BCUT2D eigenvalue weighted by molar-refractivity contribution is -0.116. The Hall–Kier alpha value is -2.05. The molecule has 3 rings (SSSR count). The van der Waals surface area contributed by atoms with E-state index >= 15 is 0 Å². The molecule has 1 unspecified atom stereocenters. The summed E-state index contributed by atoms with van der Waals surface area (Å²) >= 11 is 19.5. The summed E-state index contributed by atoms with van der Waals surface area (Å²) < 4.78 is -1.77. The van der Waals surface area contributed by atoms with Crippen molar-refractivity contribution in [1.82, 2.24) is 10.3 Å². The molecule has 1 atom stereocenters. The molecule has 3 aromatic rings. The maximum absolute atomic E-state index is 12.3. The number of alkyl halides is 3. The van der Waals surface area contributed by atoms with Crippen LogP contribution in [0.4, 0.5) is 5.13 Å². The van der Waals surface area contributed by atoms with Crippen LogP contribution < -0.4 is 10.6 Å². The van der Waals surface area contributed by atoms with Crippen molar-refractivity contribution in [1.29, 1.82) is 0 Å². The summed E-state index contributed by atoms with van der Waals surface area (Å²) in [4.78, 5) is 16.8. The summed E-state index contributed by atoms with van der Waals surface area (Å²) in [5, 5.41) is 8.07. The van der Waals surface area contributed by atoms with E-state index in [1.165, 1.54) is 17.4 Å². The van der Waals surface area contributed by atoms with Crippen LogP contribution in [0.3, 0.4) is 0 Å². The van der Waals surface area contributed by atoms with Gasteiger partial charge in [-0.05, 0) is 11.6 Å². The van der Waals surface area contributed by atoms with Crippen molar-refractivity contribution < 1.29 is 4.79 Å². The first kappa shape index (κ1) is 20.7. The normalized spacial score (nSPS) is 12.7. The molecule has 1 amide bonds. The van der Waals surface area contributed by atoms with Crippen molar-refractivity contribution in [3.63, 3.8) is 0 Å². The molecule has 0 aliphatic carbocycles. The topological polar surface area (TPSA) is 54.0 Å². The minimum absolute atomic E-state index is 0.396. The Morgan fingerprint density at radius 3 is 2.32 bits per heavy atom. The van der Waals surface area contributed by atoms with Crippen molar-refractivity contribution in [3.05, 3.63) is 77.7 Å². The molecule has 2 N–H and O–H groups in total. The number of nitrogens with one attached hydrogen (secondary N) is 2. The lowest BCUT2D eigenvalue weighted by Gasteiger charge is -2.25. The molecular weight excluding hydrogens is 437 g/mol. The Morgan fingerprint density at radius 1 is 1.04 bits per heavy atom. The first-order valence-electron chi connectivity index (χ1n) is 8.29. The van der Waals surface area contributed by atoms with Crippen LogP contribution >= 0.6 is 46.1 Å². The van der Waals surface area contributed by atoms with E-state index in [-0.39, 0.29) is 0 Å². The van der Waals surface area contributed by atoms with Gasteiger partial charge in [-0.3, -0.25) is 4.79 Å². The van der Waals surface area contributed by atoms with E-state index in [9.17, 15) is 4.79 Å². The number of carbonyl (C=O) groups excluding carboxylic acids is 1. The van der Waals surface area contributed by atoms with Gasteiger partial charge in [-0.25, -0.2) is 4.98 Å². The van der Waals surface area contributed by atoms with E-state index in [4.69, 9.17) is 34.8 Å². The number of carbonyl (C=O) groups is 1. The van der Waals surface area contributed by atoms with Gasteiger partial charge in [-0.15, -0.1) is 11.3 Å². The van der Waals surface area contributed by atoms with Crippen molar-refractivity contribution in [2.45, 2.75) is 9.96 Å². The van der Waals surface area contributed by atoms with Gasteiger partial charge in [0.1, 0.15) is 6.17 Å². The number of amides is 1. The first-order valence-corrected chi connectivity index (χ1v) is 10.3. The van der Waals surface area contributed by atoms with E-state index in [0.717, 1.165) is 16.8 Å². The third-order valence-corrected chi connectivity index (χ3v) is 5.11. The Balaban J connectivity index is 1.68. The molecule has 144 valence electrons. The van der Waals surface area contributed by atoms with Crippen LogP contribution in [0.25, 0.3) is 17.3 Å². The molecule has 0 aliphatic heterocycles. The summed E-state index contributed by atoms with van der Waals surface area (Å²) in [6.45, 7) is 0. The average Bonchev–Trinajstić information content (AvgIpc) is 3.15. The summed E-state index contributed by atoms with van der Waals surface area (Å²) in [6.07, 6.45) is 2.11. The molecule has 0 saturated heterocycles. The molecule has 4 nitrogen and oxygen atoms in total. The van der Waals surface area contributed by atoms with Crippen LogP contribution in [-0.2, 0) is 4.79 Å². The summed E-state index contributed by atoms with van der Waals surface area (Å²) in [5.74, 6) is -0.396. The largest absolute Gasteiger partial charge is 0.338 e. The molecule has 0 radical (unpaired) electrons. The van der Waals surface area contributed by atoms with Crippen LogP contribution in [0.5, 0.6) is 0 Å². The SMILES string of the molecule is O=C(C=Cc1ccccc1)NC(Nc1nc(-c2ccccc2)cs1)C(Cl)(Cl)Cl. The number of anilines is 1. The molecule has 1 heterocycles. The van der Waals surface area contributed by atoms with E-state index in [2.05, 4.69) is 15.6 Å². The maximum Gasteiger partial charge on any atom is 0.245 e. The quantitative estimate of drug-likeness (QED) is 0.284. The third kappa shape index (κ3) is 5.97. The standard InChI is InChI=1S/C20H16Cl3N3OS/c21-20(22,23)18(25-17(27)12-11-14-7-3-1-4-8-14)26-19-24-16(13-28-19)15-9-5-2-6-10-15/h1-13,18H,(H,24,26)(H,25,27). The van der Waals surface area contributed by atoms with Crippen LogP contribution in [0, 0.1) is 0 Å². The monoisotopic (exact) mass is 451 g/mol. The Kier molecular flexibility index (Phi) is 6.97. The number of rotatable bonds is 6. The van der Waals surface area contributed by atoms with Gasteiger partial charge in [0.2, 0.25) is 9.70 Å². The van der Waals surface area contributed by atoms with Gasteiger partial charge >= 0.3 is 0 Å².